The number of hydrogen-bond donors (Lipinski definition) is 0. The normalized spacial score (nSPS) is 20.9. The van der Waals surface area contributed by atoms with E-state index in [-0.39, 0.29) is 44.3 Å². The number of benzene rings is 9. The molecule has 0 saturated carbocycles. The SMILES string of the molecule is COP(=O)(CCCOc1ccc(C2N(C)CC34C5=c6ccc7c8ccc9c%10ccc%11c%12ccc%13c%14c(c%15c%16c3c6c7c3c8c9c6c%10c%11c(c%14%12)c%15c6c%163)C24C=%13C=C5)c(OCCCP(=O)(OC)OC)c1OCCCP(=O)(OC)OC)OC. The van der Waals surface area contributed by atoms with Crippen LogP contribution in [-0.2, 0) is 51.7 Å². The zero-order chi connectivity index (χ0) is 54.1. The van der Waals surface area contributed by atoms with Gasteiger partial charge >= 0.3 is 22.8 Å². The lowest BCUT2D eigenvalue weighted by Crippen LogP contribution is -2.52. The molecule has 16 heteroatoms. The highest BCUT2D eigenvalue weighted by atomic mass is 31.2. The van der Waals surface area contributed by atoms with Gasteiger partial charge in [0.05, 0.1) is 55.2 Å². The fourth-order valence-corrected chi connectivity index (χ4v) is 21.0. The molecule has 0 aromatic heterocycles. The van der Waals surface area contributed by atoms with E-state index in [9.17, 15) is 13.7 Å². The molecule has 13 nitrogen and oxygen atoms in total. The maximum absolute atomic E-state index is 13.6. The summed E-state index contributed by atoms with van der Waals surface area (Å²) in [4.78, 5) is 2.59. The van der Waals surface area contributed by atoms with Gasteiger partial charge in [-0.1, -0.05) is 60.7 Å². The molecule has 1 aliphatic heterocycles. The van der Waals surface area contributed by atoms with Gasteiger partial charge in [0.25, 0.3) is 0 Å². The fourth-order valence-electron chi connectivity index (χ4n) is 17.9. The van der Waals surface area contributed by atoms with Crippen LogP contribution < -0.4 is 24.6 Å². The first kappa shape index (κ1) is 47.7. The van der Waals surface area contributed by atoms with E-state index in [0.29, 0.717) is 36.5 Å². The number of hydrogen-bond acceptors (Lipinski definition) is 13. The molecule has 5 aliphatic rings. The lowest BCUT2D eigenvalue weighted by atomic mass is 9.47. The summed E-state index contributed by atoms with van der Waals surface area (Å²) in [7, 11) is 0.552. The summed E-state index contributed by atoms with van der Waals surface area (Å²) in [6.07, 6.45) is 6.39. The third-order valence-corrected chi connectivity index (χ3v) is 26.4. The molecule has 0 N–H and O–H groups in total. The molecule has 80 heavy (non-hydrogen) atoms. The minimum Gasteiger partial charge on any atom is -0.490 e. The Labute approximate surface area is 458 Å². The predicted octanol–water partition coefficient (Wildman–Crippen LogP) is 13.7. The fraction of sp³-hybridized carbons (Fsp3) is 0.312. The van der Waals surface area contributed by atoms with Crippen LogP contribution in [0, 0.1) is 0 Å². The molecule has 2 spiro atoms. The minimum absolute atomic E-state index is 0.119. The smallest absolute Gasteiger partial charge is 0.330 e. The number of rotatable bonds is 22. The Kier molecular flexibility index (Phi) is 9.18. The second kappa shape index (κ2) is 15.4. The van der Waals surface area contributed by atoms with Crippen molar-refractivity contribution in [1.29, 1.82) is 0 Å². The molecule has 1 fully saturated rings. The quantitative estimate of drug-likeness (QED) is 0.0362. The van der Waals surface area contributed by atoms with Crippen molar-refractivity contribution >= 4 is 152 Å². The first-order chi connectivity index (χ1) is 38.9. The van der Waals surface area contributed by atoms with E-state index in [2.05, 4.69) is 78.7 Å². The summed E-state index contributed by atoms with van der Waals surface area (Å²) in [6, 6.07) is 23.2. The van der Waals surface area contributed by atoms with Crippen molar-refractivity contribution in [3.8, 4) is 17.2 Å². The summed E-state index contributed by atoms with van der Waals surface area (Å²) >= 11 is 0. The number of fused-ring (bicyclic) bond motifs is 3. The maximum Gasteiger partial charge on any atom is 0.330 e. The van der Waals surface area contributed by atoms with Gasteiger partial charge in [0.1, 0.15) is 0 Å². The number of likely N-dealkylation sites (N-methyl/N-ethyl adjacent to an activating group) is 1. The summed E-state index contributed by atoms with van der Waals surface area (Å²) in [6.45, 7) is 1.16. The third-order valence-electron chi connectivity index (χ3n) is 20.5. The van der Waals surface area contributed by atoms with Gasteiger partial charge in [-0.2, -0.15) is 0 Å². The molecule has 0 radical (unpaired) electrons. The van der Waals surface area contributed by atoms with E-state index in [1.54, 1.807) is 0 Å². The Morgan fingerprint density at radius 2 is 0.825 bits per heavy atom. The highest BCUT2D eigenvalue weighted by Crippen LogP contribution is 2.79. The van der Waals surface area contributed by atoms with Gasteiger partial charge in [0, 0.05) is 54.8 Å². The third kappa shape index (κ3) is 4.99. The molecule has 13 aromatic carbocycles. The van der Waals surface area contributed by atoms with Crippen LogP contribution in [0.3, 0.4) is 0 Å². The van der Waals surface area contributed by atoms with E-state index in [1.165, 1.54) is 194 Å². The highest BCUT2D eigenvalue weighted by molar-refractivity contribution is 7.54. The largest absolute Gasteiger partial charge is 0.490 e. The Balaban J connectivity index is 0.938. The molecule has 0 bridgehead atoms. The molecule has 1 heterocycles. The molecule has 3 atom stereocenters. The zero-order valence-corrected chi connectivity index (χ0v) is 47.9. The molecule has 3 unspecified atom stereocenters. The van der Waals surface area contributed by atoms with Crippen LogP contribution in [0.4, 0.5) is 0 Å². The zero-order valence-electron chi connectivity index (χ0n) is 45.3. The molecule has 18 rings (SSSR count). The van der Waals surface area contributed by atoms with E-state index in [4.69, 9.17) is 41.4 Å². The first-order valence-corrected chi connectivity index (χ1v) is 32.9. The second-order valence-electron chi connectivity index (χ2n) is 23.1. The van der Waals surface area contributed by atoms with Crippen LogP contribution in [0.1, 0.15) is 42.0 Å². The monoisotopic (exact) mass is 1120 g/mol. The summed E-state index contributed by atoms with van der Waals surface area (Å²) in [5, 5.41) is 33.3. The van der Waals surface area contributed by atoms with Crippen LogP contribution in [0.5, 0.6) is 17.2 Å². The molecule has 4 aliphatic carbocycles. The van der Waals surface area contributed by atoms with Crippen LogP contribution in [0.25, 0.3) is 130 Å². The Bertz CT molecular complexity index is 5150. The average Bonchev–Trinajstić information content (AvgIpc) is 1.52. The second-order valence-corrected chi connectivity index (χ2v) is 30.3. The number of ether oxygens (including phenoxy) is 3. The van der Waals surface area contributed by atoms with Gasteiger partial charge in [-0.3, -0.25) is 18.6 Å². The molecular weight excluding hydrogens is 1070 g/mol. The highest BCUT2D eigenvalue weighted by Gasteiger charge is 2.74. The van der Waals surface area contributed by atoms with E-state index in [1.807, 2.05) is 6.07 Å². The maximum atomic E-state index is 13.6. The van der Waals surface area contributed by atoms with Crippen LogP contribution in [0.2, 0.25) is 0 Å². The molecule has 1 saturated heterocycles. The van der Waals surface area contributed by atoms with E-state index >= 15 is 0 Å². The van der Waals surface area contributed by atoms with Gasteiger partial charge in [-0.05, 0) is 190 Å². The average molecular weight is 1120 g/mol. The summed E-state index contributed by atoms with van der Waals surface area (Å²) in [5.41, 5.74) is 5.28. The van der Waals surface area contributed by atoms with Crippen molar-refractivity contribution in [3.63, 3.8) is 0 Å². The Morgan fingerprint density at radius 1 is 0.438 bits per heavy atom. The number of likely N-dealkylation sites (tertiary alicyclic amines) is 1. The van der Waals surface area contributed by atoms with Gasteiger partial charge < -0.3 is 41.4 Å². The minimum atomic E-state index is -3.40. The van der Waals surface area contributed by atoms with Crippen LogP contribution in [0.15, 0.2) is 72.8 Å². The first-order valence-electron chi connectivity index (χ1n) is 27.7. The van der Waals surface area contributed by atoms with Crippen LogP contribution >= 0.6 is 22.8 Å². The van der Waals surface area contributed by atoms with Gasteiger partial charge in [0.2, 0.25) is 5.75 Å². The summed E-state index contributed by atoms with van der Waals surface area (Å²) < 4.78 is 93.3. The lowest BCUT2D eigenvalue weighted by Gasteiger charge is -2.52. The number of allylic oxidation sites excluding steroid dienone is 2. The molecular formula is C64H54NO12P3. The number of nitrogens with zero attached hydrogens (tertiary/aromatic N) is 1. The van der Waals surface area contributed by atoms with Gasteiger partial charge in [-0.25, -0.2) is 0 Å². The Morgan fingerprint density at radius 3 is 1.32 bits per heavy atom. The van der Waals surface area contributed by atoms with Crippen molar-refractivity contribution in [2.45, 2.75) is 36.1 Å². The van der Waals surface area contributed by atoms with Crippen molar-refractivity contribution in [3.05, 3.63) is 99.9 Å². The molecule has 402 valence electrons. The lowest BCUT2D eigenvalue weighted by molar-refractivity contribution is 0.223. The standard InChI is InChI=1S/C64H54NO12P3/c1-65-29-63-39-20-21-40-37-18-16-35-33-14-12-31-30-11-13-32-34-15-17-36(39)48-46(34)51-44(32)42(30)50-43(31)45(33)52-47(35)49(37)59(57-55(52)53(50)54(51)56(57)58(48)63)64(40,63)62(65)38-19-22-41(75-23-8-26-78(66,69-2)70-3)61(77-25-10-28-80(68,73-6)74-7)60(38)76-24-9-27-79(67,71-4)72-5/h11-22,62H,8-10,23-29H2,1-7H3. The van der Waals surface area contributed by atoms with Crippen molar-refractivity contribution in [1.82, 2.24) is 4.90 Å². The van der Waals surface area contributed by atoms with Crippen molar-refractivity contribution in [2.75, 3.05) is 94.6 Å². The predicted molar refractivity (Wildman–Crippen MR) is 319 cm³/mol. The van der Waals surface area contributed by atoms with E-state index in [0.717, 1.165) is 12.1 Å². The molecule has 13 aromatic rings. The van der Waals surface area contributed by atoms with Crippen molar-refractivity contribution < 1.29 is 55.0 Å². The summed E-state index contributed by atoms with van der Waals surface area (Å²) in [5.74, 6) is 1.31. The topological polar surface area (TPSA) is 138 Å². The van der Waals surface area contributed by atoms with Gasteiger partial charge in [-0.15, -0.1) is 0 Å². The van der Waals surface area contributed by atoms with E-state index < -0.39 is 33.6 Å². The van der Waals surface area contributed by atoms with Gasteiger partial charge in [0.15, 0.2) is 11.5 Å². The Hall–Kier alpha value is -5.91. The van der Waals surface area contributed by atoms with Crippen molar-refractivity contribution in [2.24, 2.45) is 0 Å². The van der Waals surface area contributed by atoms with Crippen LogP contribution in [-0.4, -0.2) is 99.5 Å². The molecule has 0 amide bonds.